The van der Waals surface area contributed by atoms with Gasteiger partial charge in [0, 0.05) is 11.6 Å². The number of furan rings is 1. The van der Waals surface area contributed by atoms with Crippen LogP contribution in [0, 0.1) is 0 Å². The van der Waals surface area contributed by atoms with Crippen molar-refractivity contribution in [2.45, 2.75) is 32.2 Å². The van der Waals surface area contributed by atoms with Gasteiger partial charge in [0.25, 0.3) is 5.91 Å². The molecule has 1 aromatic carbocycles. The average molecular weight is 470 g/mol. The van der Waals surface area contributed by atoms with Crippen molar-refractivity contribution in [1.82, 2.24) is 4.90 Å². The number of carboxylic acid groups (broad SMARTS) is 1. The first-order chi connectivity index (χ1) is 13.8. The molecule has 1 N–H and O–H groups in total. The van der Waals surface area contributed by atoms with Crippen molar-refractivity contribution < 1.29 is 19.1 Å². The summed E-state index contributed by atoms with van der Waals surface area (Å²) >= 11 is 18.3. The van der Waals surface area contributed by atoms with Crippen LogP contribution in [0.25, 0.3) is 17.4 Å². The van der Waals surface area contributed by atoms with E-state index in [9.17, 15) is 14.7 Å². The van der Waals surface area contributed by atoms with E-state index in [2.05, 4.69) is 0 Å². The van der Waals surface area contributed by atoms with E-state index in [1.54, 1.807) is 36.4 Å². The zero-order valence-corrected chi connectivity index (χ0v) is 18.5. The van der Waals surface area contributed by atoms with Crippen molar-refractivity contribution in [2.24, 2.45) is 0 Å². The minimum absolute atomic E-state index is 0.237. The lowest BCUT2D eigenvalue weighted by Crippen LogP contribution is -2.43. The van der Waals surface area contributed by atoms with Gasteiger partial charge in [-0.3, -0.25) is 9.69 Å². The molecule has 0 aliphatic carbocycles. The van der Waals surface area contributed by atoms with E-state index in [1.807, 2.05) is 6.92 Å². The number of halogens is 2. The van der Waals surface area contributed by atoms with Crippen LogP contribution in [-0.2, 0) is 9.59 Å². The lowest BCUT2D eigenvalue weighted by atomic mass is 10.1. The van der Waals surface area contributed by atoms with E-state index in [1.165, 1.54) is 4.90 Å². The monoisotopic (exact) mass is 469 g/mol. The molecule has 1 aromatic heterocycles. The summed E-state index contributed by atoms with van der Waals surface area (Å²) in [6.07, 6.45) is 3.45. The third-order valence-electron chi connectivity index (χ3n) is 4.36. The number of carboxylic acids is 1. The molecule has 3 rings (SSSR count). The first-order valence-corrected chi connectivity index (χ1v) is 10.8. The van der Waals surface area contributed by atoms with Crippen LogP contribution < -0.4 is 0 Å². The normalized spacial score (nSPS) is 16.7. The molecule has 0 radical (unpaired) electrons. The summed E-state index contributed by atoms with van der Waals surface area (Å²) in [5.74, 6) is -0.462. The Kier molecular flexibility index (Phi) is 7.05. The second-order valence-electron chi connectivity index (χ2n) is 6.38. The highest BCUT2D eigenvalue weighted by Crippen LogP contribution is 2.36. The fraction of sp³-hybridized carbons (Fsp3) is 0.250. The number of thiocarbonyl (C=S) groups is 1. The summed E-state index contributed by atoms with van der Waals surface area (Å²) in [7, 11) is 0. The van der Waals surface area contributed by atoms with Gasteiger partial charge in [0.2, 0.25) is 0 Å². The number of nitrogens with zero attached hydrogens (tertiary/aromatic N) is 1. The highest BCUT2D eigenvalue weighted by Gasteiger charge is 2.40. The zero-order chi connectivity index (χ0) is 21.1. The van der Waals surface area contributed by atoms with Crippen molar-refractivity contribution in [3.8, 4) is 11.3 Å². The van der Waals surface area contributed by atoms with E-state index >= 15 is 0 Å². The van der Waals surface area contributed by atoms with Gasteiger partial charge in [-0.2, -0.15) is 0 Å². The zero-order valence-electron chi connectivity index (χ0n) is 15.4. The predicted molar refractivity (Wildman–Crippen MR) is 120 cm³/mol. The Balaban J connectivity index is 1.83. The molecule has 0 saturated carbocycles. The molecule has 1 aliphatic heterocycles. The van der Waals surface area contributed by atoms with Gasteiger partial charge in [-0.05, 0) is 36.8 Å². The van der Waals surface area contributed by atoms with Crippen LogP contribution in [-0.4, -0.2) is 32.2 Å². The summed E-state index contributed by atoms with van der Waals surface area (Å²) in [4.78, 5) is 26.0. The number of benzene rings is 1. The molecule has 152 valence electrons. The van der Waals surface area contributed by atoms with Gasteiger partial charge in [0.1, 0.15) is 21.9 Å². The van der Waals surface area contributed by atoms with E-state index in [-0.39, 0.29) is 4.32 Å². The highest BCUT2D eigenvalue weighted by atomic mass is 35.5. The van der Waals surface area contributed by atoms with E-state index in [0.717, 1.165) is 23.7 Å². The number of thioether (sulfide) groups is 1. The highest BCUT2D eigenvalue weighted by molar-refractivity contribution is 8.26. The number of hydrogen-bond acceptors (Lipinski definition) is 5. The SMILES string of the molecule is CCCC[C@@H](C(=O)O)N1C(=O)/C(=C\c2ccc(-c3ccc(Cl)c(Cl)c3)o2)SC1=S. The number of carbonyl (C=O) groups is 2. The molecule has 0 unspecified atom stereocenters. The fourth-order valence-electron chi connectivity index (χ4n) is 2.87. The Hall–Kier alpha value is -1.80. The quantitative estimate of drug-likeness (QED) is 0.390. The molecule has 2 heterocycles. The van der Waals surface area contributed by atoms with Crippen LogP contribution >= 0.6 is 47.2 Å². The van der Waals surface area contributed by atoms with Crippen LogP contribution in [0.2, 0.25) is 10.0 Å². The van der Waals surface area contributed by atoms with Crippen LogP contribution in [0.4, 0.5) is 0 Å². The molecular formula is C20H17Cl2NO4S2. The van der Waals surface area contributed by atoms with Crippen molar-refractivity contribution in [3.63, 3.8) is 0 Å². The van der Waals surface area contributed by atoms with Gasteiger partial charge in [-0.25, -0.2) is 4.79 Å². The van der Waals surface area contributed by atoms with E-state index in [4.69, 9.17) is 39.8 Å². The van der Waals surface area contributed by atoms with Crippen molar-refractivity contribution in [1.29, 1.82) is 0 Å². The molecule has 0 spiro atoms. The fourth-order valence-corrected chi connectivity index (χ4v) is 4.51. The van der Waals surface area contributed by atoms with Crippen molar-refractivity contribution >= 4 is 69.5 Å². The second-order valence-corrected chi connectivity index (χ2v) is 8.87. The predicted octanol–water partition coefficient (Wildman–Crippen LogP) is 6.10. The molecule has 1 aliphatic rings. The van der Waals surface area contributed by atoms with E-state index < -0.39 is 17.9 Å². The summed E-state index contributed by atoms with van der Waals surface area (Å²) in [6.45, 7) is 1.96. The summed E-state index contributed by atoms with van der Waals surface area (Å²) < 4.78 is 6.03. The largest absolute Gasteiger partial charge is 0.480 e. The Labute approximate surface area is 187 Å². The number of aliphatic carboxylic acids is 1. The van der Waals surface area contributed by atoms with Crippen LogP contribution in [0.15, 0.2) is 39.7 Å². The second kappa shape index (κ2) is 9.34. The summed E-state index contributed by atoms with van der Waals surface area (Å²) in [5, 5.41) is 10.4. The van der Waals surface area contributed by atoms with Gasteiger partial charge in [0.05, 0.1) is 15.0 Å². The molecule has 0 bridgehead atoms. The Morgan fingerprint density at radius 2 is 2.07 bits per heavy atom. The maximum atomic E-state index is 12.8. The van der Waals surface area contributed by atoms with Crippen LogP contribution in [0.3, 0.4) is 0 Å². The minimum atomic E-state index is -1.06. The van der Waals surface area contributed by atoms with Crippen molar-refractivity contribution in [2.75, 3.05) is 0 Å². The lowest BCUT2D eigenvalue weighted by molar-refractivity contribution is -0.145. The molecule has 9 heteroatoms. The van der Waals surface area contributed by atoms with Gasteiger partial charge >= 0.3 is 5.97 Å². The first-order valence-electron chi connectivity index (χ1n) is 8.87. The molecule has 1 amide bonds. The average Bonchev–Trinajstić information content (AvgIpc) is 3.24. The lowest BCUT2D eigenvalue weighted by Gasteiger charge is -2.22. The van der Waals surface area contributed by atoms with Gasteiger partial charge in [-0.15, -0.1) is 0 Å². The number of hydrogen-bond donors (Lipinski definition) is 1. The number of rotatable bonds is 7. The molecule has 1 atom stereocenters. The van der Waals surface area contributed by atoms with Crippen molar-refractivity contribution in [3.05, 3.63) is 51.0 Å². The maximum absolute atomic E-state index is 12.8. The molecule has 1 fully saturated rings. The first kappa shape index (κ1) is 21.9. The molecule has 5 nitrogen and oxygen atoms in total. The van der Waals surface area contributed by atoms with Gasteiger partial charge in [0.15, 0.2) is 0 Å². The Morgan fingerprint density at radius 1 is 1.31 bits per heavy atom. The summed E-state index contributed by atoms with van der Waals surface area (Å²) in [6, 6.07) is 7.66. The van der Waals surface area contributed by atoms with Crippen LogP contribution in [0.1, 0.15) is 31.9 Å². The van der Waals surface area contributed by atoms with Gasteiger partial charge in [-0.1, -0.05) is 66.9 Å². The molecule has 1 saturated heterocycles. The van der Waals surface area contributed by atoms with E-state index in [0.29, 0.717) is 39.3 Å². The smallest absolute Gasteiger partial charge is 0.326 e. The van der Waals surface area contributed by atoms with Crippen LogP contribution in [0.5, 0.6) is 0 Å². The molecular weight excluding hydrogens is 453 g/mol. The third-order valence-corrected chi connectivity index (χ3v) is 6.43. The third kappa shape index (κ3) is 4.86. The maximum Gasteiger partial charge on any atom is 0.326 e. The number of amides is 1. The number of unbranched alkanes of at least 4 members (excludes halogenated alkanes) is 1. The Morgan fingerprint density at radius 3 is 2.72 bits per heavy atom. The topological polar surface area (TPSA) is 70.8 Å². The number of carbonyl (C=O) groups excluding carboxylic acids is 1. The minimum Gasteiger partial charge on any atom is -0.480 e. The Bertz CT molecular complexity index is 1000. The van der Waals surface area contributed by atoms with Gasteiger partial charge < -0.3 is 9.52 Å². The summed E-state index contributed by atoms with van der Waals surface area (Å²) in [5.41, 5.74) is 0.747. The molecule has 29 heavy (non-hydrogen) atoms. The molecule has 2 aromatic rings. The standard InChI is InChI=1S/C20H17Cl2NO4S2/c1-2-3-4-15(19(25)26)23-18(24)17(29-20(23)28)10-12-6-8-16(27-12)11-5-7-13(21)14(22)9-11/h5-10,15H,2-4H2,1H3,(H,25,26)/b17-10+/t15-/m0/s1.